The summed E-state index contributed by atoms with van der Waals surface area (Å²) in [4.78, 5) is 13.2. The fourth-order valence-electron chi connectivity index (χ4n) is 1.12. The zero-order valence-electron chi connectivity index (χ0n) is 8.19. The number of nitrogens with zero attached hydrogens (tertiary/aromatic N) is 1. The van der Waals surface area contributed by atoms with Gasteiger partial charge in [0, 0.05) is 0 Å². The van der Waals surface area contributed by atoms with Gasteiger partial charge in [-0.1, -0.05) is 0 Å². The van der Waals surface area contributed by atoms with E-state index in [1.165, 1.54) is 18.2 Å². The van der Waals surface area contributed by atoms with Crippen LogP contribution in [0.1, 0.15) is 10.4 Å². The maximum absolute atomic E-state index is 11.5. The number of ketones is 1. The first-order chi connectivity index (χ1) is 6.50. The number of rotatable bonds is 3. The van der Waals surface area contributed by atoms with Crippen LogP contribution in [-0.4, -0.2) is 41.5 Å². The highest BCUT2D eigenvalue weighted by Gasteiger charge is 2.12. The summed E-state index contributed by atoms with van der Waals surface area (Å²) in [5, 5.41) is 18.5. The Morgan fingerprint density at radius 3 is 2.57 bits per heavy atom. The Hall–Kier alpha value is -1.55. The van der Waals surface area contributed by atoms with E-state index >= 15 is 0 Å². The smallest absolute Gasteiger partial charge is 0.180 e. The van der Waals surface area contributed by atoms with Gasteiger partial charge < -0.3 is 15.1 Å². The van der Waals surface area contributed by atoms with Gasteiger partial charge in [0.15, 0.2) is 5.78 Å². The van der Waals surface area contributed by atoms with E-state index in [4.69, 9.17) is 5.11 Å². The number of carbonyl (C=O) groups is 1. The highest BCUT2D eigenvalue weighted by molar-refractivity contribution is 6.00. The molecule has 0 spiro atoms. The lowest BCUT2D eigenvalue weighted by atomic mass is 10.1. The summed E-state index contributed by atoms with van der Waals surface area (Å²) in [6.07, 6.45) is 0. The molecule has 4 heteroatoms. The molecule has 0 heterocycles. The third-order valence-corrected chi connectivity index (χ3v) is 1.74. The molecule has 0 amide bonds. The van der Waals surface area contributed by atoms with Gasteiger partial charge in [0.25, 0.3) is 0 Å². The molecule has 0 aliphatic carbocycles. The van der Waals surface area contributed by atoms with Crippen LogP contribution in [0, 0.1) is 0 Å². The van der Waals surface area contributed by atoms with Crippen LogP contribution in [0.15, 0.2) is 18.2 Å². The Labute approximate surface area is 82.4 Å². The topological polar surface area (TPSA) is 60.8 Å². The molecular formula is C10H13NO3. The maximum Gasteiger partial charge on any atom is 0.180 e. The normalized spacial score (nSPS) is 10.5. The molecule has 0 bridgehead atoms. The third kappa shape index (κ3) is 2.47. The van der Waals surface area contributed by atoms with E-state index in [1.807, 2.05) is 0 Å². The summed E-state index contributed by atoms with van der Waals surface area (Å²) in [5.74, 6) is -0.344. The average Bonchev–Trinajstić information content (AvgIpc) is 2.08. The van der Waals surface area contributed by atoms with E-state index in [1.54, 1.807) is 19.0 Å². The number of carbonyl (C=O) groups excluding carboxylic acids is 1. The molecule has 0 radical (unpaired) electrons. The number of aromatic hydroxyl groups is 2. The Morgan fingerprint density at radius 1 is 1.36 bits per heavy atom. The molecule has 0 saturated heterocycles. The molecular weight excluding hydrogens is 182 g/mol. The first-order valence-corrected chi connectivity index (χ1v) is 4.20. The van der Waals surface area contributed by atoms with Crippen molar-refractivity contribution in [1.29, 1.82) is 0 Å². The van der Waals surface area contributed by atoms with Gasteiger partial charge in [-0.15, -0.1) is 0 Å². The molecule has 76 valence electrons. The van der Waals surface area contributed by atoms with Crippen molar-refractivity contribution in [1.82, 2.24) is 4.90 Å². The van der Waals surface area contributed by atoms with Crippen molar-refractivity contribution in [2.24, 2.45) is 0 Å². The molecule has 0 unspecified atom stereocenters. The van der Waals surface area contributed by atoms with Crippen LogP contribution in [0.2, 0.25) is 0 Å². The predicted octanol–water partition coefficient (Wildman–Crippen LogP) is 0.842. The molecule has 1 aromatic rings. The fourth-order valence-corrected chi connectivity index (χ4v) is 1.12. The minimum atomic E-state index is -0.219. The summed E-state index contributed by atoms with van der Waals surface area (Å²) in [6, 6.07) is 3.90. The van der Waals surface area contributed by atoms with Crippen molar-refractivity contribution in [2.45, 2.75) is 0 Å². The lowest BCUT2D eigenvalue weighted by molar-refractivity contribution is 0.0955. The van der Waals surface area contributed by atoms with Gasteiger partial charge in [-0.3, -0.25) is 4.79 Å². The highest BCUT2D eigenvalue weighted by Crippen LogP contribution is 2.22. The summed E-state index contributed by atoms with van der Waals surface area (Å²) in [6.45, 7) is 0.205. The number of Topliss-reactive ketones (excluding diaryl/α,β-unsaturated/α-hetero) is 1. The molecule has 0 aliphatic rings. The average molecular weight is 195 g/mol. The molecule has 2 N–H and O–H groups in total. The van der Waals surface area contributed by atoms with Gasteiger partial charge in [-0.05, 0) is 32.3 Å². The third-order valence-electron chi connectivity index (χ3n) is 1.74. The largest absolute Gasteiger partial charge is 0.508 e. The van der Waals surface area contributed by atoms with Crippen LogP contribution in [-0.2, 0) is 0 Å². The first kappa shape index (κ1) is 10.5. The zero-order valence-corrected chi connectivity index (χ0v) is 8.19. The molecule has 0 aromatic heterocycles. The van der Waals surface area contributed by atoms with Crippen molar-refractivity contribution in [3.8, 4) is 11.5 Å². The van der Waals surface area contributed by atoms with E-state index in [0.717, 1.165) is 0 Å². The second kappa shape index (κ2) is 4.11. The van der Waals surface area contributed by atoms with Crippen molar-refractivity contribution < 1.29 is 15.0 Å². The van der Waals surface area contributed by atoms with E-state index in [2.05, 4.69) is 0 Å². The molecule has 1 aromatic carbocycles. The Morgan fingerprint density at radius 2 is 2.00 bits per heavy atom. The van der Waals surface area contributed by atoms with Crippen molar-refractivity contribution in [2.75, 3.05) is 20.6 Å². The SMILES string of the molecule is CN(C)CC(=O)c1cc(O)ccc1O. The quantitative estimate of drug-likeness (QED) is 0.554. The summed E-state index contributed by atoms with van der Waals surface area (Å²) in [5.41, 5.74) is 0.152. The molecule has 0 saturated carbocycles. The van der Waals surface area contributed by atoms with Crippen LogP contribution in [0.4, 0.5) is 0 Å². The van der Waals surface area contributed by atoms with E-state index in [9.17, 15) is 9.90 Å². The number of phenolic OH excluding ortho intramolecular Hbond substituents is 2. The van der Waals surface area contributed by atoms with Gasteiger partial charge in [0.1, 0.15) is 11.5 Å². The first-order valence-electron chi connectivity index (χ1n) is 4.20. The molecule has 0 atom stereocenters. The Balaban J connectivity index is 2.94. The monoisotopic (exact) mass is 195 g/mol. The number of benzene rings is 1. The summed E-state index contributed by atoms with van der Waals surface area (Å²) < 4.78 is 0. The van der Waals surface area contributed by atoms with Crippen molar-refractivity contribution in [3.63, 3.8) is 0 Å². The lowest BCUT2D eigenvalue weighted by Crippen LogP contribution is -2.21. The predicted molar refractivity (Wildman–Crippen MR) is 52.7 cm³/mol. The van der Waals surface area contributed by atoms with Crippen LogP contribution in [0.25, 0.3) is 0 Å². The molecule has 1 rings (SSSR count). The number of hydrogen-bond acceptors (Lipinski definition) is 4. The van der Waals surface area contributed by atoms with Crippen molar-refractivity contribution in [3.05, 3.63) is 23.8 Å². The Bertz CT molecular complexity index is 347. The lowest BCUT2D eigenvalue weighted by Gasteiger charge is -2.09. The second-order valence-corrected chi connectivity index (χ2v) is 3.36. The van der Waals surface area contributed by atoms with E-state index < -0.39 is 0 Å². The van der Waals surface area contributed by atoms with Crippen LogP contribution in [0.5, 0.6) is 11.5 Å². The van der Waals surface area contributed by atoms with Gasteiger partial charge in [-0.2, -0.15) is 0 Å². The zero-order chi connectivity index (χ0) is 10.7. The Kier molecular flexibility index (Phi) is 3.09. The van der Waals surface area contributed by atoms with Gasteiger partial charge in [0.2, 0.25) is 0 Å². The maximum atomic E-state index is 11.5. The fraction of sp³-hybridized carbons (Fsp3) is 0.300. The molecule has 4 nitrogen and oxygen atoms in total. The number of likely N-dealkylation sites (N-methyl/N-ethyl adjacent to an activating group) is 1. The minimum absolute atomic E-state index is 0.0232. The molecule has 0 aliphatic heterocycles. The van der Waals surface area contributed by atoms with E-state index in [0.29, 0.717) is 0 Å². The second-order valence-electron chi connectivity index (χ2n) is 3.36. The number of phenols is 2. The van der Waals surface area contributed by atoms with E-state index in [-0.39, 0.29) is 29.4 Å². The highest BCUT2D eigenvalue weighted by atomic mass is 16.3. The van der Waals surface area contributed by atoms with Crippen LogP contribution < -0.4 is 0 Å². The summed E-state index contributed by atoms with van der Waals surface area (Å²) >= 11 is 0. The molecule has 0 fully saturated rings. The molecule has 14 heavy (non-hydrogen) atoms. The van der Waals surface area contributed by atoms with Crippen molar-refractivity contribution >= 4 is 5.78 Å². The standard InChI is InChI=1S/C10H13NO3/c1-11(2)6-10(14)8-5-7(12)3-4-9(8)13/h3-5,12-13H,6H2,1-2H3. The van der Waals surface area contributed by atoms with Gasteiger partial charge in [0.05, 0.1) is 12.1 Å². The minimum Gasteiger partial charge on any atom is -0.508 e. The van der Waals surface area contributed by atoms with Crippen LogP contribution >= 0.6 is 0 Å². The van der Waals surface area contributed by atoms with Gasteiger partial charge in [-0.25, -0.2) is 0 Å². The van der Waals surface area contributed by atoms with Gasteiger partial charge >= 0.3 is 0 Å². The number of hydrogen-bond donors (Lipinski definition) is 2. The summed E-state index contributed by atoms with van der Waals surface area (Å²) in [7, 11) is 3.52. The van der Waals surface area contributed by atoms with Crippen LogP contribution in [0.3, 0.4) is 0 Å².